The maximum Gasteiger partial charge on any atom is 0.352 e. The van der Waals surface area contributed by atoms with Crippen molar-refractivity contribution in [2.45, 2.75) is 39.7 Å². The Morgan fingerprint density at radius 2 is 2.06 bits per heavy atom. The predicted molar refractivity (Wildman–Crippen MR) is 67.0 cm³/mol. The van der Waals surface area contributed by atoms with Gasteiger partial charge in [-0.2, -0.15) is 0 Å². The molecule has 18 heavy (non-hydrogen) atoms. The normalized spacial score (nSPS) is 19.3. The Hall–Kier alpha value is -1.78. The third-order valence-electron chi connectivity index (χ3n) is 3.68. The monoisotopic (exact) mass is 250 g/mol. The number of carbonyl (C=O) groups excluding carboxylic acids is 1. The van der Waals surface area contributed by atoms with Gasteiger partial charge in [-0.3, -0.25) is 4.79 Å². The zero-order chi connectivity index (χ0) is 13.4. The van der Waals surface area contributed by atoms with Crippen LogP contribution in [0.4, 0.5) is 0 Å². The Labute approximate surface area is 106 Å². The summed E-state index contributed by atoms with van der Waals surface area (Å²) < 4.78 is 0. The molecule has 1 unspecified atom stereocenters. The molecule has 0 saturated carbocycles. The number of H-pyrrole nitrogens is 1. The zero-order valence-corrected chi connectivity index (χ0v) is 10.9. The molecule has 0 bridgehead atoms. The number of carboxylic acid groups (broad SMARTS) is 1. The minimum absolute atomic E-state index is 0.0567. The fourth-order valence-corrected chi connectivity index (χ4v) is 2.66. The van der Waals surface area contributed by atoms with Crippen LogP contribution < -0.4 is 0 Å². The molecule has 0 aromatic carbocycles. The van der Waals surface area contributed by atoms with E-state index in [0.29, 0.717) is 16.8 Å². The average molecular weight is 250 g/mol. The van der Waals surface area contributed by atoms with Crippen LogP contribution in [0, 0.1) is 13.8 Å². The van der Waals surface area contributed by atoms with Crippen LogP contribution in [0.1, 0.15) is 51.9 Å². The standard InChI is InChI=1S/C13H18N2O3/c1-7-5-4-6-15(7)12(16)10-8(2)11(13(17)18)14-9(10)3/h7,14H,4-6H2,1-3H3,(H,17,18). The van der Waals surface area contributed by atoms with Gasteiger partial charge < -0.3 is 15.0 Å². The van der Waals surface area contributed by atoms with Crippen LogP contribution in [0.5, 0.6) is 0 Å². The summed E-state index contributed by atoms with van der Waals surface area (Å²) in [4.78, 5) is 28.1. The van der Waals surface area contributed by atoms with Crippen molar-refractivity contribution in [3.8, 4) is 0 Å². The molecule has 2 rings (SSSR count). The molecule has 1 aliphatic heterocycles. The summed E-state index contributed by atoms with van der Waals surface area (Å²) in [5.74, 6) is -1.08. The van der Waals surface area contributed by atoms with Crippen LogP contribution in [0.25, 0.3) is 0 Å². The molecule has 2 heterocycles. The third-order valence-corrected chi connectivity index (χ3v) is 3.68. The van der Waals surface area contributed by atoms with Gasteiger partial charge in [0.25, 0.3) is 5.91 Å². The molecule has 0 radical (unpaired) electrons. The van der Waals surface area contributed by atoms with E-state index in [2.05, 4.69) is 4.98 Å². The Bertz CT molecular complexity index is 505. The summed E-state index contributed by atoms with van der Waals surface area (Å²) in [6, 6.07) is 0.236. The Kier molecular flexibility index (Phi) is 3.15. The lowest BCUT2D eigenvalue weighted by atomic mass is 10.1. The number of hydrogen-bond acceptors (Lipinski definition) is 2. The Balaban J connectivity index is 2.39. The summed E-state index contributed by atoms with van der Waals surface area (Å²) in [6.07, 6.45) is 2.03. The number of rotatable bonds is 2. The number of aromatic nitrogens is 1. The molecule has 1 aromatic heterocycles. The van der Waals surface area contributed by atoms with E-state index < -0.39 is 5.97 Å². The number of carboxylic acids is 1. The molecule has 1 fully saturated rings. The topological polar surface area (TPSA) is 73.4 Å². The molecule has 0 aliphatic carbocycles. The van der Waals surface area contributed by atoms with Crippen molar-refractivity contribution in [3.05, 3.63) is 22.5 Å². The highest BCUT2D eigenvalue weighted by atomic mass is 16.4. The van der Waals surface area contributed by atoms with Gasteiger partial charge in [-0.25, -0.2) is 4.79 Å². The van der Waals surface area contributed by atoms with E-state index in [0.717, 1.165) is 19.4 Å². The first kappa shape index (κ1) is 12.7. The minimum atomic E-state index is -1.02. The Morgan fingerprint density at radius 3 is 2.50 bits per heavy atom. The van der Waals surface area contributed by atoms with Gasteiger partial charge in [0.2, 0.25) is 0 Å². The predicted octanol–water partition coefficient (Wildman–Crippen LogP) is 1.95. The van der Waals surface area contributed by atoms with E-state index in [1.165, 1.54) is 0 Å². The molecule has 98 valence electrons. The van der Waals surface area contributed by atoms with Gasteiger partial charge in [0, 0.05) is 18.3 Å². The fraction of sp³-hybridized carbons (Fsp3) is 0.538. The molecule has 2 N–H and O–H groups in total. The van der Waals surface area contributed by atoms with Crippen molar-refractivity contribution in [3.63, 3.8) is 0 Å². The van der Waals surface area contributed by atoms with Crippen LogP contribution in [0.3, 0.4) is 0 Å². The van der Waals surface area contributed by atoms with Crippen molar-refractivity contribution < 1.29 is 14.7 Å². The van der Waals surface area contributed by atoms with Crippen LogP contribution >= 0.6 is 0 Å². The number of amides is 1. The highest BCUT2D eigenvalue weighted by molar-refractivity contribution is 6.01. The van der Waals surface area contributed by atoms with Crippen molar-refractivity contribution in [1.82, 2.24) is 9.88 Å². The van der Waals surface area contributed by atoms with Crippen molar-refractivity contribution in [2.24, 2.45) is 0 Å². The molecule has 1 aromatic rings. The number of aryl methyl sites for hydroxylation is 1. The van der Waals surface area contributed by atoms with E-state index >= 15 is 0 Å². The van der Waals surface area contributed by atoms with Crippen molar-refractivity contribution in [1.29, 1.82) is 0 Å². The summed E-state index contributed by atoms with van der Waals surface area (Å²) in [5, 5.41) is 9.05. The number of aromatic amines is 1. The maximum atomic E-state index is 12.4. The molecule has 1 saturated heterocycles. The van der Waals surface area contributed by atoms with Crippen LogP contribution in [0.15, 0.2) is 0 Å². The first-order valence-electron chi connectivity index (χ1n) is 6.17. The quantitative estimate of drug-likeness (QED) is 0.842. The second kappa shape index (κ2) is 4.48. The van der Waals surface area contributed by atoms with Gasteiger partial charge in [-0.1, -0.05) is 0 Å². The second-order valence-electron chi connectivity index (χ2n) is 4.92. The van der Waals surface area contributed by atoms with Gasteiger partial charge in [0.1, 0.15) is 5.69 Å². The lowest BCUT2D eigenvalue weighted by Crippen LogP contribution is -2.34. The van der Waals surface area contributed by atoms with Gasteiger partial charge in [0.05, 0.1) is 5.56 Å². The smallest absolute Gasteiger partial charge is 0.352 e. The van der Waals surface area contributed by atoms with Crippen LogP contribution in [-0.2, 0) is 0 Å². The molecule has 5 nitrogen and oxygen atoms in total. The largest absolute Gasteiger partial charge is 0.477 e. The summed E-state index contributed by atoms with van der Waals surface area (Å²) in [5.41, 5.74) is 1.79. The third kappa shape index (κ3) is 1.89. The molecule has 5 heteroatoms. The van der Waals surface area contributed by atoms with E-state index in [4.69, 9.17) is 5.11 Å². The number of nitrogens with one attached hydrogen (secondary N) is 1. The molecule has 1 aliphatic rings. The van der Waals surface area contributed by atoms with E-state index in [9.17, 15) is 9.59 Å². The first-order valence-corrected chi connectivity index (χ1v) is 6.17. The number of hydrogen-bond donors (Lipinski definition) is 2. The summed E-state index contributed by atoms with van der Waals surface area (Å²) in [7, 11) is 0. The lowest BCUT2D eigenvalue weighted by Gasteiger charge is -2.21. The van der Waals surface area contributed by atoms with Crippen molar-refractivity contribution in [2.75, 3.05) is 6.54 Å². The summed E-state index contributed by atoms with van der Waals surface area (Å²) >= 11 is 0. The maximum absolute atomic E-state index is 12.4. The molecular weight excluding hydrogens is 232 g/mol. The van der Waals surface area contributed by atoms with Gasteiger partial charge in [-0.05, 0) is 39.2 Å². The number of nitrogens with zero attached hydrogens (tertiary/aromatic N) is 1. The van der Waals surface area contributed by atoms with Gasteiger partial charge in [0.15, 0.2) is 0 Å². The molecule has 1 amide bonds. The van der Waals surface area contributed by atoms with Crippen LogP contribution in [-0.4, -0.2) is 39.5 Å². The second-order valence-corrected chi connectivity index (χ2v) is 4.92. The van der Waals surface area contributed by atoms with Crippen LogP contribution in [0.2, 0.25) is 0 Å². The van der Waals surface area contributed by atoms with Crippen molar-refractivity contribution >= 4 is 11.9 Å². The van der Waals surface area contributed by atoms with E-state index in [-0.39, 0.29) is 17.6 Å². The fourth-order valence-electron chi connectivity index (χ4n) is 2.66. The highest BCUT2D eigenvalue weighted by Crippen LogP contribution is 2.24. The highest BCUT2D eigenvalue weighted by Gasteiger charge is 2.30. The molecular formula is C13H18N2O3. The SMILES string of the molecule is Cc1[nH]c(C(=O)O)c(C)c1C(=O)N1CCCC1C. The van der Waals surface area contributed by atoms with E-state index in [1.807, 2.05) is 11.8 Å². The Morgan fingerprint density at radius 1 is 1.39 bits per heavy atom. The zero-order valence-electron chi connectivity index (χ0n) is 10.9. The number of carbonyl (C=O) groups is 2. The summed E-state index contributed by atoms with van der Waals surface area (Å²) in [6.45, 7) is 6.21. The molecule has 0 spiro atoms. The first-order chi connectivity index (χ1) is 8.43. The van der Waals surface area contributed by atoms with Gasteiger partial charge in [-0.15, -0.1) is 0 Å². The lowest BCUT2D eigenvalue weighted by molar-refractivity contribution is 0.0690. The van der Waals surface area contributed by atoms with Gasteiger partial charge >= 0.3 is 5.97 Å². The number of likely N-dealkylation sites (tertiary alicyclic amines) is 1. The molecule has 1 atom stereocenters. The average Bonchev–Trinajstić information content (AvgIpc) is 2.82. The number of aromatic carboxylic acids is 1. The van der Waals surface area contributed by atoms with E-state index in [1.54, 1.807) is 13.8 Å². The minimum Gasteiger partial charge on any atom is -0.477 e.